The molecule has 0 aliphatic heterocycles. The third-order valence-corrected chi connectivity index (χ3v) is 5.71. The van der Waals surface area contributed by atoms with Gasteiger partial charge in [0.05, 0.1) is 13.2 Å². The van der Waals surface area contributed by atoms with Crippen molar-refractivity contribution in [3.05, 3.63) is 62.1 Å². The zero-order valence-corrected chi connectivity index (χ0v) is 17.0. The molecule has 0 aromatic carbocycles. The van der Waals surface area contributed by atoms with E-state index in [2.05, 4.69) is 26.4 Å². The molecule has 4 rings (SSSR count). The Morgan fingerprint density at radius 2 is 2.21 bits per heavy atom. The Morgan fingerprint density at radius 1 is 1.36 bits per heavy atom. The Kier molecular flexibility index (Phi) is 5.13. The van der Waals surface area contributed by atoms with Crippen molar-refractivity contribution in [2.75, 3.05) is 11.9 Å². The lowest BCUT2D eigenvalue weighted by Crippen LogP contribution is -2.24. The van der Waals surface area contributed by atoms with Gasteiger partial charge in [0.15, 0.2) is 0 Å². The molecule has 28 heavy (non-hydrogen) atoms. The van der Waals surface area contributed by atoms with Crippen molar-refractivity contribution in [3.8, 4) is 5.88 Å². The molecular formula is C20H23N5O2S. The minimum Gasteiger partial charge on any atom is -0.476 e. The molecule has 3 aromatic rings. The third kappa shape index (κ3) is 4.22. The van der Waals surface area contributed by atoms with E-state index in [0.29, 0.717) is 36.6 Å². The first-order valence-electron chi connectivity index (χ1n) is 9.29. The van der Waals surface area contributed by atoms with E-state index in [9.17, 15) is 4.79 Å². The molecule has 1 fully saturated rings. The Morgan fingerprint density at radius 3 is 2.96 bits per heavy atom. The van der Waals surface area contributed by atoms with Crippen LogP contribution in [-0.2, 0) is 13.6 Å². The van der Waals surface area contributed by atoms with Gasteiger partial charge in [-0.05, 0) is 32.4 Å². The number of anilines is 1. The van der Waals surface area contributed by atoms with E-state index in [1.165, 1.54) is 4.68 Å². The average Bonchev–Trinajstić information content (AvgIpc) is 3.34. The number of hydrogen-bond acceptors (Lipinski definition) is 7. The number of rotatable bonds is 7. The molecule has 8 heteroatoms. The topological polar surface area (TPSA) is 81.9 Å². The number of nitrogens with zero attached hydrogens (tertiary/aromatic N) is 4. The van der Waals surface area contributed by atoms with Crippen LogP contribution in [0.15, 0.2) is 35.3 Å². The van der Waals surface area contributed by atoms with E-state index in [0.717, 1.165) is 27.7 Å². The zero-order valence-electron chi connectivity index (χ0n) is 16.2. The fourth-order valence-electron chi connectivity index (χ4n) is 3.19. The van der Waals surface area contributed by atoms with Crippen molar-refractivity contribution in [1.29, 1.82) is 0 Å². The highest BCUT2D eigenvalue weighted by atomic mass is 32.1. The molecule has 0 spiro atoms. The molecule has 0 saturated heterocycles. The van der Waals surface area contributed by atoms with Crippen LogP contribution in [0.3, 0.4) is 0 Å². The molecule has 0 unspecified atom stereocenters. The lowest BCUT2D eigenvalue weighted by molar-refractivity contribution is 0.278. The maximum Gasteiger partial charge on any atom is 0.290 e. The molecule has 0 radical (unpaired) electrons. The molecule has 3 heterocycles. The normalized spacial score (nSPS) is 18.1. The molecule has 7 nitrogen and oxygen atoms in total. The molecule has 1 saturated carbocycles. The Balaban J connectivity index is 1.38. The summed E-state index contributed by atoms with van der Waals surface area (Å²) in [4.78, 5) is 22.4. The maximum atomic E-state index is 12.3. The van der Waals surface area contributed by atoms with Crippen LogP contribution in [0, 0.1) is 19.8 Å². The van der Waals surface area contributed by atoms with E-state index in [-0.39, 0.29) is 5.56 Å². The van der Waals surface area contributed by atoms with Gasteiger partial charge < -0.3 is 10.1 Å². The highest BCUT2D eigenvalue weighted by molar-refractivity contribution is 7.11. The number of thiazole rings is 1. The molecular weight excluding hydrogens is 374 g/mol. The summed E-state index contributed by atoms with van der Waals surface area (Å²) in [6, 6.07) is 7.80. The molecule has 146 valence electrons. The van der Waals surface area contributed by atoms with Crippen LogP contribution >= 0.6 is 11.3 Å². The Labute approximate surface area is 167 Å². The van der Waals surface area contributed by atoms with Crippen LogP contribution < -0.4 is 15.6 Å². The number of aryl methyl sites for hydroxylation is 3. The van der Waals surface area contributed by atoms with Gasteiger partial charge in [0.2, 0.25) is 5.88 Å². The lowest BCUT2D eigenvalue weighted by atomic mass is 10.2. The van der Waals surface area contributed by atoms with Crippen molar-refractivity contribution < 1.29 is 4.74 Å². The zero-order chi connectivity index (χ0) is 19.7. The second-order valence-corrected chi connectivity index (χ2v) is 8.48. The summed E-state index contributed by atoms with van der Waals surface area (Å²) >= 11 is 1.61. The number of nitrogens with one attached hydrogen (secondary N) is 1. The molecule has 2 atom stereocenters. The summed E-state index contributed by atoms with van der Waals surface area (Å²) in [5.74, 6) is 1.32. The van der Waals surface area contributed by atoms with Gasteiger partial charge in [0.25, 0.3) is 5.56 Å². The largest absolute Gasteiger partial charge is 0.476 e. The first-order valence-corrected chi connectivity index (χ1v) is 10.1. The second kappa shape index (κ2) is 7.71. The number of pyridine rings is 1. The van der Waals surface area contributed by atoms with Gasteiger partial charge in [0.1, 0.15) is 10.7 Å². The van der Waals surface area contributed by atoms with Gasteiger partial charge in [-0.3, -0.25) is 9.78 Å². The van der Waals surface area contributed by atoms with Crippen LogP contribution in [-0.4, -0.2) is 26.4 Å². The lowest BCUT2D eigenvalue weighted by Gasteiger charge is -2.10. The molecule has 1 aliphatic carbocycles. The summed E-state index contributed by atoms with van der Waals surface area (Å²) < 4.78 is 7.20. The SMILES string of the molecule is Cc1cccc([C@H]2C[C@@H]2COc2cc(NCc3ncc(C)s3)c(=O)n(C)n2)n1. The third-order valence-electron chi connectivity index (χ3n) is 4.80. The van der Waals surface area contributed by atoms with Crippen molar-refractivity contribution in [3.63, 3.8) is 0 Å². The van der Waals surface area contributed by atoms with Gasteiger partial charge in [-0.25, -0.2) is 9.67 Å². The van der Waals surface area contributed by atoms with Crippen molar-refractivity contribution in [2.24, 2.45) is 13.0 Å². The highest BCUT2D eigenvalue weighted by Gasteiger charge is 2.40. The predicted octanol–water partition coefficient (Wildman–Crippen LogP) is 3.04. The van der Waals surface area contributed by atoms with Gasteiger partial charge in [0, 0.05) is 47.4 Å². The van der Waals surface area contributed by atoms with Crippen LogP contribution in [0.2, 0.25) is 0 Å². The maximum absolute atomic E-state index is 12.3. The highest BCUT2D eigenvalue weighted by Crippen LogP contribution is 2.46. The standard InChI is InChI=1S/C20H23N5O2S/c1-12-5-4-6-16(23-12)15-7-14(15)11-27-18-8-17(20(26)25(3)24-18)21-10-19-22-9-13(2)28-19/h4-6,8-9,14-15,21H,7,10-11H2,1-3H3/t14-,15+/m1/s1. The molecule has 1 aliphatic rings. The fraction of sp³-hybridized carbons (Fsp3) is 0.400. The Hall–Kier alpha value is -2.74. The van der Waals surface area contributed by atoms with E-state index in [4.69, 9.17) is 4.74 Å². The minimum atomic E-state index is -0.186. The van der Waals surface area contributed by atoms with E-state index in [1.54, 1.807) is 24.5 Å². The summed E-state index contributed by atoms with van der Waals surface area (Å²) in [5, 5.41) is 8.31. The second-order valence-electron chi connectivity index (χ2n) is 7.16. The van der Waals surface area contributed by atoms with Crippen LogP contribution in [0.5, 0.6) is 5.88 Å². The summed E-state index contributed by atoms with van der Waals surface area (Å²) in [6.45, 7) is 5.08. The summed E-state index contributed by atoms with van der Waals surface area (Å²) in [6.07, 6.45) is 2.90. The van der Waals surface area contributed by atoms with Gasteiger partial charge in [-0.15, -0.1) is 16.4 Å². The van der Waals surface area contributed by atoms with Gasteiger partial charge in [-0.1, -0.05) is 6.07 Å². The van der Waals surface area contributed by atoms with E-state index >= 15 is 0 Å². The van der Waals surface area contributed by atoms with Crippen LogP contribution in [0.1, 0.15) is 33.6 Å². The van der Waals surface area contributed by atoms with E-state index in [1.807, 2.05) is 32.2 Å². The fourth-order valence-corrected chi connectivity index (χ4v) is 3.92. The monoisotopic (exact) mass is 397 g/mol. The predicted molar refractivity (Wildman–Crippen MR) is 109 cm³/mol. The smallest absolute Gasteiger partial charge is 0.290 e. The Bertz CT molecular complexity index is 1050. The van der Waals surface area contributed by atoms with Crippen LogP contribution in [0.25, 0.3) is 0 Å². The molecule has 1 N–H and O–H groups in total. The van der Waals surface area contributed by atoms with Gasteiger partial charge in [-0.2, -0.15) is 0 Å². The minimum absolute atomic E-state index is 0.186. The van der Waals surface area contributed by atoms with Crippen LogP contribution in [0.4, 0.5) is 5.69 Å². The first kappa shape index (κ1) is 18.6. The van der Waals surface area contributed by atoms with Crippen molar-refractivity contribution >= 4 is 17.0 Å². The van der Waals surface area contributed by atoms with Gasteiger partial charge >= 0.3 is 0 Å². The number of ether oxygens (including phenoxy) is 1. The number of hydrogen-bond donors (Lipinski definition) is 1. The molecule has 0 amide bonds. The quantitative estimate of drug-likeness (QED) is 0.660. The summed E-state index contributed by atoms with van der Waals surface area (Å²) in [7, 11) is 1.63. The average molecular weight is 398 g/mol. The van der Waals surface area contributed by atoms with Crippen molar-refractivity contribution in [2.45, 2.75) is 32.7 Å². The van der Waals surface area contributed by atoms with Crippen molar-refractivity contribution in [1.82, 2.24) is 19.7 Å². The number of aromatic nitrogens is 4. The van der Waals surface area contributed by atoms with E-state index < -0.39 is 0 Å². The first-order chi connectivity index (χ1) is 13.5. The molecule has 0 bridgehead atoms. The summed E-state index contributed by atoms with van der Waals surface area (Å²) in [5.41, 5.74) is 2.44. The molecule has 3 aromatic heterocycles.